The van der Waals surface area contributed by atoms with Gasteiger partial charge < -0.3 is 9.64 Å². The van der Waals surface area contributed by atoms with Crippen LogP contribution in [0.4, 0.5) is 5.69 Å². The molecule has 2 aromatic carbocycles. The van der Waals surface area contributed by atoms with Gasteiger partial charge in [0.25, 0.3) is 0 Å². The summed E-state index contributed by atoms with van der Waals surface area (Å²) in [5, 5.41) is 9.03. The number of likely N-dealkylation sites (N-methyl/N-ethyl adjacent to an activating group) is 1. The highest BCUT2D eigenvalue weighted by Crippen LogP contribution is 2.19. The van der Waals surface area contributed by atoms with Gasteiger partial charge in [-0.25, -0.2) is 0 Å². The lowest BCUT2D eigenvalue weighted by Gasteiger charge is -2.20. The van der Waals surface area contributed by atoms with E-state index in [0.717, 1.165) is 6.54 Å². The standard InChI is InChI=1S/C18H20N2O/c1-14-10-15(2)12-17(11-14)20(3)8-9-21-18-7-5-4-6-16(18)13-19/h4-7,10-12H,8-9H2,1-3H3. The molecule has 0 aliphatic heterocycles. The minimum atomic E-state index is 0.544. The van der Waals surface area contributed by atoms with E-state index in [-0.39, 0.29) is 0 Å². The topological polar surface area (TPSA) is 36.3 Å². The van der Waals surface area contributed by atoms with Crippen molar-refractivity contribution in [2.24, 2.45) is 0 Å². The Kier molecular flexibility index (Phi) is 4.84. The maximum Gasteiger partial charge on any atom is 0.137 e. The van der Waals surface area contributed by atoms with Crippen molar-refractivity contribution in [1.82, 2.24) is 0 Å². The maximum absolute atomic E-state index is 9.03. The third-order valence-corrected chi connectivity index (χ3v) is 3.34. The lowest BCUT2D eigenvalue weighted by atomic mass is 10.1. The van der Waals surface area contributed by atoms with Crippen molar-refractivity contribution in [1.29, 1.82) is 5.26 Å². The molecule has 3 heteroatoms. The SMILES string of the molecule is Cc1cc(C)cc(N(C)CCOc2ccccc2C#N)c1. The summed E-state index contributed by atoms with van der Waals surface area (Å²) < 4.78 is 5.72. The van der Waals surface area contributed by atoms with Gasteiger partial charge in [0, 0.05) is 12.7 Å². The second-order valence-corrected chi connectivity index (χ2v) is 5.22. The number of ether oxygens (including phenoxy) is 1. The average Bonchev–Trinajstić information content (AvgIpc) is 2.46. The van der Waals surface area contributed by atoms with Crippen molar-refractivity contribution in [2.45, 2.75) is 13.8 Å². The first-order valence-electron chi connectivity index (χ1n) is 7.01. The fourth-order valence-corrected chi connectivity index (χ4v) is 2.28. The zero-order valence-electron chi connectivity index (χ0n) is 12.8. The number of anilines is 1. The van der Waals surface area contributed by atoms with Crippen molar-refractivity contribution in [3.8, 4) is 11.8 Å². The predicted molar refractivity (Wildman–Crippen MR) is 85.8 cm³/mol. The van der Waals surface area contributed by atoms with Crippen molar-refractivity contribution >= 4 is 5.69 Å². The van der Waals surface area contributed by atoms with Crippen LogP contribution in [0.5, 0.6) is 5.75 Å². The summed E-state index contributed by atoms with van der Waals surface area (Å²) >= 11 is 0. The summed E-state index contributed by atoms with van der Waals surface area (Å²) in [5.41, 5.74) is 4.27. The second kappa shape index (κ2) is 6.81. The molecule has 21 heavy (non-hydrogen) atoms. The fraction of sp³-hybridized carbons (Fsp3) is 0.278. The number of nitriles is 1. The zero-order valence-corrected chi connectivity index (χ0v) is 12.8. The van der Waals surface area contributed by atoms with Gasteiger partial charge in [0.2, 0.25) is 0 Å². The summed E-state index contributed by atoms with van der Waals surface area (Å²) in [7, 11) is 2.05. The molecular formula is C18H20N2O. The van der Waals surface area contributed by atoms with E-state index in [1.54, 1.807) is 6.07 Å². The average molecular weight is 280 g/mol. The molecule has 108 valence electrons. The lowest BCUT2D eigenvalue weighted by Crippen LogP contribution is -2.24. The van der Waals surface area contributed by atoms with Crippen LogP contribution < -0.4 is 9.64 Å². The van der Waals surface area contributed by atoms with Crippen molar-refractivity contribution < 1.29 is 4.74 Å². The summed E-state index contributed by atoms with van der Waals surface area (Å²) in [5.74, 6) is 0.647. The van der Waals surface area contributed by atoms with E-state index in [1.807, 2.05) is 25.2 Å². The number of benzene rings is 2. The molecule has 0 atom stereocenters. The van der Waals surface area contributed by atoms with Gasteiger partial charge >= 0.3 is 0 Å². The van der Waals surface area contributed by atoms with E-state index >= 15 is 0 Å². The molecule has 0 saturated carbocycles. The first-order chi connectivity index (χ1) is 10.1. The van der Waals surface area contributed by atoms with Crippen LogP contribution in [-0.2, 0) is 0 Å². The Morgan fingerprint density at radius 3 is 2.43 bits per heavy atom. The van der Waals surface area contributed by atoms with Gasteiger partial charge in [-0.05, 0) is 49.2 Å². The first-order valence-corrected chi connectivity index (χ1v) is 7.01. The minimum absolute atomic E-state index is 0.544. The maximum atomic E-state index is 9.03. The van der Waals surface area contributed by atoms with Gasteiger partial charge in [-0.15, -0.1) is 0 Å². The molecular weight excluding hydrogens is 260 g/mol. The highest BCUT2D eigenvalue weighted by Gasteiger charge is 2.05. The summed E-state index contributed by atoms with van der Waals surface area (Å²) in [6.45, 7) is 5.51. The summed E-state index contributed by atoms with van der Waals surface area (Å²) in [4.78, 5) is 2.16. The Morgan fingerprint density at radius 2 is 1.76 bits per heavy atom. The fourth-order valence-electron chi connectivity index (χ4n) is 2.28. The number of rotatable bonds is 5. The van der Waals surface area contributed by atoms with E-state index in [0.29, 0.717) is 17.9 Å². The van der Waals surface area contributed by atoms with Gasteiger partial charge in [-0.2, -0.15) is 5.26 Å². The van der Waals surface area contributed by atoms with Crippen LogP contribution in [0.3, 0.4) is 0 Å². The molecule has 0 unspecified atom stereocenters. The number of hydrogen-bond donors (Lipinski definition) is 0. The zero-order chi connectivity index (χ0) is 15.2. The molecule has 3 nitrogen and oxygen atoms in total. The van der Waals surface area contributed by atoms with E-state index in [1.165, 1.54) is 16.8 Å². The van der Waals surface area contributed by atoms with Gasteiger partial charge in [-0.1, -0.05) is 18.2 Å². The molecule has 0 bridgehead atoms. The van der Waals surface area contributed by atoms with E-state index in [4.69, 9.17) is 10.00 Å². The lowest BCUT2D eigenvalue weighted by molar-refractivity contribution is 0.325. The normalized spacial score (nSPS) is 10.0. The first kappa shape index (κ1) is 14.9. The number of para-hydroxylation sites is 1. The molecule has 0 spiro atoms. The summed E-state index contributed by atoms with van der Waals surface area (Å²) in [6.07, 6.45) is 0. The van der Waals surface area contributed by atoms with Crippen LogP contribution >= 0.6 is 0 Å². The van der Waals surface area contributed by atoms with Crippen LogP contribution in [-0.4, -0.2) is 20.2 Å². The highest BCUT2D eigenvalue weighted by atomic mass is 16.5. The molecule has 0 N–H and O–H groups in total. The molecule has 0 amide bonds. The Bertz CT molecular complexity index is 638. The van der Waals surface area contributed by atoms with Crippen LogP contribution in [0.25, 0.3) is 0 Å². The van der Waals surface area contributed by atoms with Crippen molar-refractivity contribution in [2.75, 3.05) is 25.1 Å². The monoisotopic (exact) mass is 280 g/mol. The molecule has 0 radical (unpaired) electrons. The largest absolute Gasteiger partial charge is 0.490 e. The quantitative estimate of drug-likeness (QED) is 0.838. The van der Waals surface area contributed by atoms with Gasteiger partial charge in [0.15, 0.2) is 0 Å². The van der Waals surface area contributed by atoms with E-state index in [9.17, 15) is 0 Å². The van der Waals surface area contributed by atoms with Gasteiger partial charge in [-0.3, -0.25) is 0 Å². The molecule has 0 saturated heterocycles. The smallest absolute Gasteiger partial charge is 0.137 e. The molecule has 0 heterocycles. The van der Waals surface area contributed by atoms with E-state index in [2.05, 4.69) is 43.0 Å². The number of nitrogens with zero attached hydrogens (tertiary/aromatic N) is 2. The third kappa shape index (κ3) is 4.00. The van der Waals surface area contributed by atoms with Gasteiger partial charge in [0.1, 0.15) is 18.4 Å². The molecule has 0 aliphatic rings. The van der Waals surface area contributed by atoms with Crippen LogP contribution in [0.1, 0.15) is 16.7 Å². The van der Waals surface area contributed by atoms with E-state index < -0.39 is 0 Å². The molecule has 2 aromatic rings. The highest BCUT2D eigenvalue weighted by molar-refractivity contribution is 5.50. The second-order valence-electron chi connectivity index (χ2n) is 5.22. The molecule has 2 rings (SSSR count). The summed E-state index contributed by atoms with van der Waals surface area (Å²) in [6, 6.07) is 15.9. The Hall–Kier alpha value is -2.47. The Morgan fingerprint density at radius 1 is 1.10 bits per heavy atom. The van der Waals surface area contributed by atoms with Crippen LogP contribution in [0, 0.1) is 25.2 Å². The van der Waals surface area contributed by atoms with Crippen LogP contribution in [0.2, 0.25) is 0 Å². The number of aryl methyl sites for hydroxylation is 2. The minimum Gasteiger partial charge on any atom is -0.490 e. The molecule has 0 fully saturated rings. The molecule has 0 aromatic heterocycles. The van der Waals surface area contributed by atoms with Crippen molar-refractivity contribution in [3.63, 3.8) is 0 Å². The van der Waals surface area contributed by atoms with Crippen LogP contribution in [0.15, 0.2) is 42.5 Å². The van der Waals surface area contributed by atoms with Crippen molar-refractivity contribution in [3.05, 3.63) is 59.2 Å². The predicted octanol–water partition coefficient (Wildman–Crippen LogP) is 3.69. The number of hydrogen-bond acceptors (Lipinski definition) is 3. The Balaban J connectivity index is 1.95. The van der Waals surface area contributed by atoms with Gasteiger partial charge in [0.05, 0.1) is 12.1 Å². The molecule has 0 aliphatic carbocycles. The third-order valence-electron chi connectivity index (χ3n) is 3.34. The Labute approximate surface area is 126 Å².